The number of anilines is 1. The van der Waals surface area contributed by atoms with E-state index in [2.05, 4.69) is 10.6 Å². The van der Waals surface area contributed by atoms with Gasteiger partial charge in [-0.25, -0.2) is 0 Å². The molecule has 1 atom stereocenters. The number of nitriles is 2. The smallest absolute Gasteiger partial charge is 0.245 e. The number of benzene rings is 1. The number of nitrogens with one attached hydrogen (secondary N) is 2. The Bertz CT molecular complexity index is 939. The van der Waals surface area contributed by atoms with Crippen LogP contribution in [0.1, 0.15) is 32.1 Å². The van der Waals surface area contributed by atoms with E-state index in [1.54, 1.807) is 41.2 Å². The maximum absolute atomic E-state index is 13.2. The van der Waals surface area contributed by atoms with E-state index >= 15 is 0 Å². The van der Waals surface area contributed by atoms with Crippen molar-refractivity contribution in [2.75, 3.05) is 38.6 Å². The zero-order valence-corrected chi connectivity index (χ0v) is 18.3. The van der Waals surface area contributed by atoms with Gasteiger partial charge in [-0.15, -0.1) is 0 Å². The molecule has 2 amide bonds. The van der Waals surface area contributed by atoms with Crippen molar-refractivity contribution in [1.82, 2.24) is 15.1 Å². The molecule has 9 heteroatoms. The lowest BCUT2D eigenvalue weighted by Gasteiger charge is -2.27. The minimum Gasteiger partial charge on any atom is -0.497 e. The number of hydrogen-bond donors (Lipinski definition) is 2. The van der Waals surface area contributed by atoms with Gasteiger partial charge in [0.2, 0.25) is 11.8 Å². The van der Waals surface area contributed by atoms with Gasteiger partial charge >= 0.3 is 0 Å². The Morgan fingerprint density at radius 3 is 2.56 bits per heavy atom. The fourth-order valence-electron chi connectivity index (χ4n) is 3.95. The van der Waals surface area contributed by atoms with Crippen LogP contribution >= 0.6 is 0 Å². The van der Waals surface area contributed by atoms with Crippen LogP contribution in [0.25, 0.3) is 0 Å². The SMILES string of the molecule is COc1cccc(NC(N[C@H]2CCCCN(CC(=O)N3CCCC3)C2=O)=C(C#N)C#N)c1. The van der Waals surface area contributed by atoms with Crippen molar-refractivity contribution in [3.63, 3.8) is 0 Å². The quantitative estimate of drug-likeness (QED) is 0.627. The first-order valence-corrected chi connectivity index (χ1v) is 10.8. The minimum atomic E-state index is -0.645. The monoisotopic (exact) mass is 436 g/mol. The normalized spacial score (nSPS) is 18.2. The average molecular weight is 437 g/mol. The Morgan fingerprint density at radius 1 is 1.16 bits per heavy atom. The lowest BCUT2D eigenvalue weighted by molar-refractivity contribution is -0.140. The maximum atomic E-state index is 13.2. The molecule has 1 aromatic carbocycles. The number of amides is 2. The molecule has 2 aliphatic heterocycles. The lowest BCUT2D eigenvalue weighted by Crippen LogP contribution is -2.49. The van der Waals surface area contributed by atoms with Crippen molar-refractivity contribution in [2.24, 2.45) is 0 Å². The first-order valence-electron chi connectivity index (χ1n) is 10.8. The highest BCUT2D eigenvalue weighted by atomic mass is 16.5. The van der Waals surface area contributed by atoms with Gasteiger partial charge in [0.25, 0.3) is 0 Å². The van der Waals surface area contributed by atoms with Crippen LogP contribution in [-0.4, -0.2) is 60.9 Å². The van der Waals surface area contributed by atoms with Crippen LogP contribution in [0, 0.1) is 22.7 Å². The van der Waals surface area contributed by atoms with E-state index in [0.717, 1.165) is 38.8 Å². The molecule has 3 rings (SSSR count). The highest BCUT2D eigenvalue weighted by Crippen LogP contribution is 2.20. The summed E-state index contributed by atoms with van der Waals surface area (Å²) in [5.41, 5.74) is 0.446. The fraction of sp³-hybridized carbons (Fsp3) is 0.478. The lowest BCUT2D eigenvalue weighted by atomic mass is 10.1. The average Bonchev–Trinajstić information content (AvgIpc) is 3.30. The largest absolute Gasteiger partial charge is 0.497 e. The summed E-state index contributed by atoms with van der Waals surface area (Å²) < 4.78 is 5.22. The highest BCUT2D eigenvalue weighted by Gasteiger charge is 2.31. The van der Waals surface area contributed by atoms with Crippen LogP contribution in [0.2, 0.25) is 0 Å². The van der Waals surface area contributed by atoms with Crippen molar-refractivity contribution in [3.8, 4) is 17.9 Å². The number of carbonyl (C=O) groups excluding carboxylic acids is 2. The molecule has 168 valence electrons. The van der Waals surface area contributed by atoms with Gasteiger partial charge in [-0.2, -0.15) is 10.5 Å². The summed E-state index contributed by atoms with van der Waals surface area (Å²) in [5.74, 6) is 0.544. The highest BCUT2D eigenvalue weighted by molar-refractivity contribution is 5.88. The number of likely N-dealkylation sites (tertiary alicyclic amines) is 2. The first-order chi connectivity index (χ1) is 15.5. The Balaban J connectivity index is 1.77. The van der Waals surface area contributed by atoms with Crippen LogP contribution in [0.4, 0.5) is 5.69 Å². The van der Waals surface area contributed by atoms with Gasteiger partial charge < -0.3 is 25.2 Å². The molecule has 0 unspecified atom stereocenters. The molecular formula is C23H28N6O3. The van der Waals surface area contributed by atoms with Crippen LogP contribution in [0.15, 0.2) is 35.7 Å². The van der Waals surface area contributed by atoms with Gasteiger partial charge in [-0.05, 0) is 44.2 Å². The Hall–Kier alpha value is -3.72. The van der Waals surface area contributed by atoms with Crippen LogP contribution in [-0.2, 0) is 9.59 Å². The molecule has 2 fully saturated rings. The summed E-state index contributed by atoms with van der Waals surface area (Å²) in [7, 11) is 1.55. The van der Waals surface area contributed by atoms with Crippen LogP contribution in [0.5, 0.6) is 5.75 Å². The molecule has 0 bridgehead atoms. The fourth-order valence-corrected chi connectivity index (χ4v) is 3.95. The van der Waals surface area contributed by atoms with Gasteiger partial charge in [0.15, 0.2) is 5.57 Å². The van der Waals surface area contributed by atoms with E-state index in [-0.39, 0.29) is 29.8 Å². The molecule has 1 aromatic rings. The summed E-state index contributed by atoms with van der Waals surface area (Å²) in [5, 5.41) is 25.0. The Kier molecular flexibility index (Phi) is 7.93. The van der Waals surface area contributed by atoms with Crippen molar-refractivity contribution in [2.45, 2.75) is 38.1 Å². The number of allylic oxidation sites excluding steroid dienone is 1. The first kappa shape index (κ1) is 23.0. The van der Waals surface area contributed by atoms with Gasteiger partial charge in [0.1, 0.15) is 29.8 Å². The molecule has 2 aliphatic rings. The predicted octanol–water partition coefficient (Wildman–Crippen LogP) is 1.96. The van der Waals surface area contributed by atoms with E-state index < -0.39 is 6.04 Å². The van der Waals surface area contributed by atoms with Gasteiger partial charge in [-0.1, -0.05) is 6.07 Å². The summed E-state index contributed by atoms with van der Waals surface area (Å²) in [6.45, 7) is 2.06. The van der Waals surface area contributed by atoms with Crippen molar-refractivity contribution in [1.29, 1.82) is 10.5 Å². The van der Waals surface area contributed by atoms with Gasteiger partial charge in [-0.3, -0.25) is 9.59 Å². The number of rotatable bonds is 7. The third kappa shape index (κ3) is 5.70. The molecule has 32 heavy (non-hydrogen) atoms. The molecule has 2 N–H and O–H groups in total. The van der Waals surface area contributed by atoms with E-state index in [0.29, 0.717) is 24.4 Å². The van der Waals surface area contributed by atoms with Crippen LogP contribution in [0.3, 0.4) is 0 Å². The van der Waals surface area contributed by atoms with Crippen molar-refractivity contribution in [3.05, 3.63) is 35.7 Å². The van der Waals surface area contributed by atoms with E-state index in [4.69, 9.17) is 4.74 Å². The minimum absolute atomic E-state index is 0.0310. The van der Waals surface area contributed by atoms with Gasteiger partial charge in [0.05, 0.1) is 13.7 Å². The second-order valence-electron chi connectivity index (χ2n) is 7.87. The second-order valence-corrected chi connectivity index (χ2v) is 7.87. The number of hydrogen-bond acceptors (Lipinski definition) is 7. The summed E-state index contributed by atoms with van der Waals surface area (Å²) in [6, 6.07) is 10.2. The van der Waals surface area contributed by atoms with Crippen LogP contribution < -0.4 is 15.4 Å². The summed E-state index contributed by atoms with van der Waals surface area (Å²) in [4.78, 5) is 29.2. The molecule has 0 aromatic heterocycles. The molecular weight excluding hydrogens is 408 g/mol. The molecule has 0 radical (unpaired) electrons. The number of nitrogens with zero attached hydrogens (tertiary/aromatic N) is 4. The standard InChI is InChI=1S/C23H28N6O3/c1-32-19-8-6-7-18(13-19)26-22(17(14-24)15-25)27-20-9-2-3-12-29(23(20)31)16-21(30)28-10-4-5-11-28/h6-8,13,20,26-27H,2-5,9-12,16H2,1H3/t20-/m0/s1. The zero-order chi connectivity index (χ0) is 22.9. The topological polar surface area (TPSA) is 121 Å². The Morgan fingerprint density at radius 2 is 1.88 bits per heavy atom. The van der Waals surface area contributed by atoms with E-state index in [1.165, 1.54) is 0 Å². The molecule has 0 aliphatic carbocycles. The van der Waals surface area contributed by atoms with Crippen molar-refractivity contribution >= 4 is 17.5 Å². The number of ether oxygens (including phenoxy) is 1. The molecule has 0 spiro atoms. The van der Waals surface area contributed by atoms with E-state index in [1.807, 2.05) is 12.1 Å². The second kappa shape index (κ2) is 11.1. The molecule has 2 saturated heterocycles. The third-order valence-electron chi connectivity index (χ3n) is 5.70. The summed E-state index contributed by atoms with van der Waals surface area (Å²) in [6.07, 6.45) is 4.13. The zero-order valence-electron chi connectivity index (χ0n) is 18.3. The molecule has 2 heterocycles. The van der Waals surface area contributed by atoms with Crippen molar-refractivity contribution < 1.29 is 14.3 Å². The molecule has 0 saturated carbocycles. The maximum Gasteiger partial charge on any atom is 0.245 e. The van der Waals surface area contributed by atoms with Gasteiger partial charge in [0, 0.05) is 31.4 Å². The summed E-state index contributed by atoms with van der Waals surface area (Å²) >= 11 is 0. The Labute approximate surface area is 188 Å². The number of carbonyl (C=O) groups is 2. The molecule has 9 nitrogen and oxygen atoms in total. The predicted molar refractivity (Wildman–Crippen MR) is 118 cm³/mol. The number of methoxy groups -OCH3 is 1. The third-order valence-corrected chi connectivity index (χ3v) is 5.70. The van der Waals surface area contributed by atoms with E-state index in [9.17, 15) is 20.1 Å².